The van der Waals surface area contributed by atoms with Crippen molar-refractivity contribution < 1.29 is 4.79 Å². The average molecular weight is 284 g/mol. The molecule has 3 heterocycles. The lowest BCUT2D eigenvalue weighted by Gasteiger charge is -2.27. The number of rotatable bonds is 1. The Labute approximate surface area is 117 Å². The molecule has 2 fully saturated rings. The van der Waals surface area contributed by atoms with E-state index >= 15 is 0 Å². The molecule has 0 spiro atoms. The van der Waals surface area contributed by atoms with Crippen molar-refractivity contribution in [3.05, 3.63) is 34.2 Å². The van der Waals surface area contributed by atoms with Crippen molar-refractivity contribution in [2.24, 2.45) is 0 Å². The van der Waals surface area contributed by atoms with Crippen LogP contribution in [0.25, 0.3) is 0 Å². The van der Waals surface area contributed by atoms with Gasteiger partial charge < -0.3 is 15.2 Å². The van der Waals surface area contributed by atoms with Crippen LogP contribution in [0.15, 0.2) is 23.1 Å². The number of hydrogen-bond donors (Lipinski definition) is 2. The van der Waals surface area contributed by atoms with Crippen LogP contribution in [0.1, 0.15) is 29.6 Å². The van der Waals surface area contributed by atoms with Crippen LogP contribution in [0.4, 0.5) is 0 Å². The summed E-state index contributed by atoms with van der Waals surface area (Å²) in [6.45, 7) is 1.86. The van der Waals surface area contributed by atoms with Gasteiger partial charge in [0.25, 0.3) is 5.91 Å². The molecule has 1 aromatic rings. The zero-order valence-corrected chi connectivity index (χ0v) is 11.4. The Bertz CT molecular complexity index is 482. The van der Waals surface area contributed by atoms with Crippen molar-refractivity contribution in [2.75, 3.05) is 13.1 Å². The van der Waals surface area contributed by atoms with E-state index in [0.717, 1.165) is 32.4 Å². The highest BCUT2D eigenvalue weighted by Gasteiger charge is 2.38. The van der Waals surface area contributed by atoms with Crippen molar-refractivity contribution in [2.45, 2.75) is 31.3 Å². The minimum atomic E-state index is -0.174. The van der Waals surface area contributed by atoms with E-state index in [2.05, 4.69) is 10.3 Å². The molecule has 5 nitrogen and oxygen atoms in total. The fourth-order valence-electron chi connectivity index (χ4n) is 3.01. The molecule has 104 valence electrons. The number of amides is 1. The molecule has 0 radical (unpaired) electrons. The van der Waals surface area contributed by atoms with Gasteiger partial charge in [-0.25, -0.2) is 0 Å². The highest BCUT2D eigenvalue weighted by Crippen LogP contribution is 2.29. The number of aromatic amines is 1. The summed E-state index contributed by atoms with van der Waals surface area (Å²) in [5, 5.41) is 3.37. The van der Waals surface area contributed by atoms with Gasteiger partial charge in [0.15, 0.2) is 0 Å². The molecule has 0 unspecified atom stereocenters. The maximum absolute atomic E-state index is 12.5. The molecular formula is C13H18ClN3O2. The standard InChI is InChI=1S/C13H17N3O2.ClH/c17-12-4-1-9(7-15-12)13(18)16-10-2-3-11(16)8-14-6-5-10;/h1,4,7,10-11,14H,2-3,5-6,8H2,(H,15,17);1H/t10-,11+;/m1./s1. The summed E-state index contributed by atoms with van der Waals surface area (Å²) in [6, 6.07) is 3.67. The van der Waals surface area contributed by atoms with Crippen LogP contribution in [-0.4, -0.2) is 41.0 Å². The summed E-state index contributed by atoms with van der Waals surface area (Å²) in [6.07, 6.45) is 4.71. The maximum Gasteiger partial charge on any atom is 0.255 e. The molecule has 0 aliphatic carbocycles. The predicted molar refractivity (Wildman–Crippen MR) is 74.8 cm³/mol. The number of H-pyrrole nitrogens is 1. The zero-order valence-electron chi connectivity index (χ0n) is 10.6. The third-order valence-corrected chi connectivity index (χ3v) is 3.92. The first-order valence-electron chi connectivity index (χ1n) is 6.48. The lowest BCUT2D eigenvalue weighted by atomic mass is 10.1. The lowest BCUT2D eigenvalue weighted by Crippen LogP contribution is -2.42. The second kappa shape index (κ2) is 5.75. The largest absolute Gasteiger partial charge is 0.331 e. The van der Waals surface area contributed by atoms with E-state index < -0.39 is 0 Å². The van der Waals surface area contributed by atoms with Crippen LogP contribution in [0.3, 0.4) is 0 Å². The lowest BCUT2D eigenvalue weighted by molar-refractivity contribution is 0.0680. The van der Waals surface area contributed by atoms with Crippen LogP contribution in [-0.2, 0) is 0 Å². The van der Waals surface area contributed by atoms with Gasteiger partial charge in [-0.3, -0.25) is 9.59 Å². The fraction of sp³-hybridized carbons (Fsp3) is 0.538. The Morgan fingerprint density at radius 1 is 1.21 bits per heavy atom. The zero-order chi connectivity index (χ0) is 12.5. The minimum Gasteiger partial charge on any atom is -0.331 e. The second-order valence-corrected chi connectivity index (χ2v) is 5.03. The Kier molecular flexibility index (Phi) is 4.27. The van der Waals surface area contributed by atoms with E-state index in [1.807, 2.05) is 4.90 Å². The Hall–Kier alpha value is -1.33. The molecule has 19 heavy (non-hydrogen) atoms. The van der Waals surface area contributed by atoms with E-state index in [1.165, 1.54) is 12.3 Å². The number of carbonyl (C=O) groups excluding carboxylic acids is 1. The topological polar surface area (TPSA) is 65.2 Å². The van der Waals surface area contributed by atoms with E-state index in [0.29, 0.717) is 17.6 Å². The van der Waals surface area contributed by atoms with Gasteiger partial charge in [-0.05, 0) is 31.9 Å². The maximum atomic E-state index is 12.5. The minimum absolute atomic E-state index is 0. The number of pyridine rings is 1. The highest BCUT2D eigenvalue weighted by atomic mass is 35.5. The number of nitrogens with zero attached hydrogens (tertiary/aromatic N) is 1. The van der Waals surface area contributed by atoms with E-state index in [1.54, 1.807) is 6.07 Å². The Morgan fingerprint density at radius 3 is 2.74 bits per heavy atom. The summed E-state index contributed by atoms with van der Waals surface area (Å²) in [4.78, 5) is 28.1. The number of hydrogen-bond acceptors (Lipinski definition) is 3. The molecule has 3 rings (SSSR count). The molecule has 6 heteroatoms. The van der Waals surface area contributed by atoms with Gasteiger partial charge in [0, 0.05) is 30.9 Å². The van der Waals surface area contributed by atoms with Gasteiger partial charge >= 0.3 is 0 Å². The number of fused-ring (bicyclic) bond motifs is 2. The van der Waals surface area contributed by atoms with Crippen LogP contribution in [0.2, 0.25) is 0 Å². The molecule has 2 aliphatic rings. The fourth-order valence-corrected chi connectivity index (χ4v) is 3.01. The molecule has 2 atom stereocenters. The number of carbonyl (C=O) groups is 1. The predicted octanol–water partition coefficient (Wildman–Crippen LogP) is 0.763. The Morgan fingerprint density at radius 2 is 2.00 bits per heavy atom. The van der Waals surface area contributed by atoms with Gasteiger partial charge in [0.2, 0.25) is 5.56 Å². The number of nitrogens with one attached hydrogen (secondary N) is 2. The van der Waals surface area contributed by atoms with E-state index in [9.17, 15) is 9.59 Å². The quantitative estimate of drug-likeness (QED) is 0.800. The molecule has 1 aromatic heterocycles. The summed E-state index contributed by atoms with van der Waals surface area (Å²) in [5.41, 5.74) is 0.403. The summed E-state index contributed by atoms with van der Waals surface area (Å²) >= 11 is 0. The normalized spacial score (nSPS) is 25.6. The van der Waals surface area contributed by atoms with Crippen LogP contribution in [0, 0.1) is 0 Å². The van der Waals surface area contributed by atoms with Crippen molar-refractivity contribution >= 4 is 18.3 Å². The molecule has 0 saturated carbocycles. The number of aromatic nitrogens is 1. The van der Waals surface area contributed by atoms with Gasteiger partial charge in [-0.1, -0.05) is 0 Å². The monoisotopic (exact) mass is 283 g/mol. The first-order valence-corrected chi connectivity index (χ1v) is 6.48. The van der Waals surface area contributed by atoms with Crippen LogP contribution >= 0.6 is 12.4 Å². The van der Waals surface area contributed by atoms with Crippen molar-refractivity contribution in [1.82, 2.24) is 15.2 Å². The van der Waals surface area contributed by atoms with Crippen molar-refractivity contribution in [3.8, 4) is 0 Å². The summed E-state index contributed by atoms with van der Waals surface area (Å²) < 4.78 is 0. The van der Waals surface area contributed by atoms with Crippen LogP contribution < -0.4 is 10.9 Å². The summed E-state index contributed by atoms with van der Waals surface area (Å²) in [7, 11) is 0. The van der Waals surface area contributed by atoms with E-state index in [4.69, 9.17) is 0 Å². The highest BCUT2D eigenvalue weighted by molar-refractivity contribution is 5.94. The van der Waals surface area contributed by atoms with Gasteiger partial charge in [-0.15, -0.1) is 12.4 Å². The summed E-state index contributed by atoms with van der Waals surface area (Å²) in [5.74, 6) is 0.0439. The van der Waals surface area contributed by atoms with Gasteiger partial charge in [0.05, 0.1) is 5.56 Å². The Balaban J connectivity index is 0.00000133. The van der Waals surface area contributed by atoms with Crippen molar-refractivity contribution in [1.29, 1.82) is 0 Å². The molecule has 2 aliphatic heterocycles. The molecule has 2 bridgehead atoms. The third kappa shape index (κ3) is 2.67. The number of halogens is 1. The second-order valence-electron chi connectivity index (χ2n) is 5.03. The molecule has 2 N–H and O–H groups in total. The first kappa shape index (κ1) is 14.1. The smallest absolute Gasteiger partial charge is 0.255 e. The third-order valence-electron chi connectivity index (χ3n) is 3.92. The average Bonchev–Trinajstić information content (AvgIpc) is 2.63. The van der Waals surface area contributed by atoms with Crippen LogP contribution in [0.5, 0.6) is 0 Å². The first-order chi connectivity index (χ1) is 8.75. The molecule has 0 aromatic carbocycles. The van der Waals surface area contributed by atoms with Gasteiger partial charge in [-0.2, -0.15) is 0 Å². The van der Waals surface area contributed by atoms with Gasteiger partial charge in [0.1, 0.15) is 0 Å². The van der Waals surface area contributed by atoms with E-state index in [-0.39, 0.29) is 23.9 Å². The molecule has 2 saturated heterocycles. The van der Waals surface area contributed by atoms with Crippen molar-refractivity contribution in [3.63, 3.8) is 0 Å². The SMILES string of the molecule is Cl.O=C(c1ccc(=O)[nH]c1)N1[C@H]2CCNC[C@@H]1CC2. The molecule has 1 amide bonds. The molecular weight excluding hydrogens is 266 g/mol.